The smallest absolute Gasteiger partial charge is 0.264 e. The van der Waals surface area contributed by atoms with Crippen LogP contribution in [0.25, 0.3) is 0 Å². The number of aromatic nitrogens is 5. The molecular formula is C54H72N14O6. The highest BCUT2D eigenvalue weighted by Gasteiger charge is 2.46. The van der Waals surface area contributed by atoms with E-state index in [4.69, 9.17) is 0 Å². The molecule has 1 atom stereocenters. The van der Waals surface area contributed by atoms with Crippen LogP contribution in [0.15, 0.2) is 61.1 Å². The van der Waals surface area contributed by atoms with Gasteiger partial charge in [-0.05, 0) is 98.7 Å². The minimum atomic E-state index is -1.05. The Morgan fingerprint density at radius 2 is 1.61 bits per heavy atom. The number of imide groups is 2. The molecule has 0 radical (unpaired) electrons. The van der Waals surface area contributed by atoms with Gasteiger partial charge in [0.2, 0.25) is 23.6 Å². The third-order valence-corrected chi connectivity index (χ3v) is 15.4. The molecule has 20 nitrogen and oxygen atoms in total. The molecule has 0 aliphatic carbocycles. The zero-order valence-electron chi connectivity index (χ0n) is 43.8. The number of hydrogen-bond acceptors (Lipinski definition) is 15. The third-order valence-electron chi connectivity index (χ3n) is 15.4. The average molecular weight is 1010 g/mol. The molecular weight excluding hydrogens is 941 g/mol. The summed E-state index contributed by atoms with van der Waals surface area (Å²) in [6.07, 6.45) is 8.85. The molecule has 5 aliphatic rings. The first kappa shape index (κ1) is 51.9. The topological polar surface area (TPSA) is 232 Å². The van der Waals surface area contributed by atoms with Crippen LogP contribution >= 0.6 is 0 Å². The van der Waals surface area contributed by atoms with Crippen molar-refractivity contribution in [2.45, 2.75) is 124 Å². The van der Waals surface area contributed by atoms with Crippen molar-refractivity contribution in [2.75, 3.05) is 72.8 Å². The molecule has 7 heterocycles. The number of likely N-dealkylation sites (tertiary alicyclic amines) is 1. The van der Waals surface area contributed by atoms with Crippen molar-refractivity contribution in [2.24, 2.45) is 16.2 Å². The predicted molar refractivity (Wildman–Crippen MR) is 280 cm³/mol. The molecule has 4 aromatic rings. The number of piperidine rings is 3. The van der Waals surface area contributed by atoms with Gasteiger partial charge in [0.15, 0.2) is 0 Å². The quantitative estimate of drug-likeness (QED) is 0.0670. The molecule has 2 aromatic carbocycles. The Balaban J connectivity index is 0.689. The first-order chi connectivity index (χ1) is 35.2. The summed E-state index contributed by atoms with van der Waals surface area (Å²) in [6, 6.07) is 14.6. The number of amides is 6. The summed E-state index contributed by atoms with van der Waals surface area (Å²) in [6.45, 7) is 20.5. The van der Waals surface area contributed by atoms with Gasteiger partial charge in [-0.2, -0.15) is 0 Å². The van der Waals surface area contributed by atoms with Crippen molar-refractivity contribution in [3.05, 3.63) is 83.4 Å². The number of hydrogen-bond donors (Lipinski definition) is 5. The number of nitrogens with one attached hydrogen (secondary N) is 5. The summed E-state index contributed by atoms with van der Waals surface area (Å²) in [4.78, 5) is 94.7. The van der Waals surface area contributed by atoms with Crippen molar-refractivity contribution in [3.63, 3.8) is 0 Å². The van der Waals surface area contributed by atoms with Gasteiger partial charge in [0.05, 0.1) is 36.0 Å². The van der Waals surface area contributed by atoms with Crippen LogP contribution in [0.5, 0.6) is 0 Å². The van der Waals surface area contributed by atoms with E-state index in [2.05, 4.69) is 114 Å². The zero-order chi connectivity index (χ0) is 52.4. The molecule has 74 heavy (non-hydrogen) atoms. The van der Waals surface area contributed by atoms with E-state index < -0.39 is 35.1 Å². The standard InChI is InChI=1S/C54H72N14O6/c1-51(2)17-23-64(24-18-51)29-36-11-13-38(14-12-36)66-31-45(70)61-54(34-66)19-25-65(26-20-54)43-27-42(58-35-59-43)55-21-8-22-56-50(74)53(5,6)32-52(3,4)33-67-30-37(62-63-67)28-57-40-10-7-9-39-46(40)49(73)68(48(39)72)41-15-16-44(69)60-47(41)71/h7,9-14,27,30,35,41,57H,8,15-26,28-29,31-34H2,1-6H3,(H,56,74)(H,61,70)(H,55,58,59)(H,60,69,71). The summed E-state index contributed by atoms with van der Waals surface area (Å²) in [5.74, 6) is -0.675. The number of nitrogens with zero attached hydrogens (tertiary/aromatic N) is 9. The van der Waals surface area contributed by atoms with Crippen LogP contribution in [0.3, 0.4) is 0 Å². The summed E-state index contributed by atoms with van der Waals surface area (Å²) in [7, 11) is 0. The molecule has 0 saturated carbocycles. The highest BCUT2D eigenvalue weighted by Crippen LogP contribution is 2.37. The molecule has 5 N–H and O–H groups in total. The number of carbonyl (C=O) groups excluding carboxylic acids is 6. The molecule has 4 saturated heterocycles. The van der Waals surface area contributed by atoms with Gasteiger partial charge in [0.1, 0.15) is 29.7 Å². The van der Waals surface area contributed by atoms with E-state index in [-0.39, 0.29) is 53.3 Å². The Morgan fingerprint density at radius 3 is 2.35 bits per heavy atom. The molecule has 9 rings (SSSR count). The fourth-order valence-electron chi connectivity index (χ4n) is 11.5. The second-order valence-corrected chi connectivity index (χ2v) is 23.2. The van der Waals surface area contributed by atoms with Crippen LogP contribution in [-0.2, 0) is 38.8 Å². The fraction of sp³-hybridized carbons (Fsp3) is 0.556. The van der Waals surface area contributed by atoms with E-state index in [1.165, 1.54) is 18.4 Å². The van der Waals surface area contributed by atoms with Crippen LogP contribution in [0.1, 0.15) is 125 Å². The number of fused-ring (bicyclic) bond motifs is 1. The van der Waals surface area contributed by atoms with Crippen LogP contribution in [-0.4, -0.2) is 134 Å². The molecule has 1 spiro atoms. The molecule has 5 aliphatic heterocycles. The summed E-state index contributed by atoms with van der Waals surface area (Å²) in [5.41, 5.74) is 2.91. The second-order valence-electron chi connectivity index (χ2n) is 23.2. The van der Waals surface area contributed by atoms with E-state index in [0.717, 1.165) is 68.5 Å². The van der Waals surface area contributed by atoms with E-state index in [0.29, 0.717) is 61.6 Å². The first-order valence-corrected chi connectivity index (χ1v) is 26.2. The van der Waals surface area contributed by atoms with E-state index in [1.54, 1.807) is 29.2 Å². The number of rotatable bonds is 18. The minimum absolute atomic E-state index is 0.0384. The molecule has 6 amide bonds. The monoisotopic (exact) mass is 1010 g/mol. The molecule has 2 aromatic heterocycles. The van der Waals surface area contributed by atoms with E-state index in [9.17, 15) is 28.8 Å². The van der Waals surface area contributed by atoms with Gasteiger partial charge in [-0.25, -0.2) is 9.97 Å². The number of piperazine rings is 1. The van der Waals surface area contributed by atoms with Crippen LogP contribution in [0.4, 0.5) is 23.0 Å². The van der Waals surface area contributed by atoms with Gasteiger partial charge >= 0.3 is 0 Å². The van der Waals surface area contributed by atoms with Gasteiger partial charge in [-0.1, -0.05) is 65.0 Å². The second kappa shape index (κ2) is 21.1. The Labute approximate surface area is 433 Å². The van der Waals surface area contributed by atoms with Crippen LogP contribution < -0.4 is 36.4 Å². The largest absolute Gasteiger partial charge is 0.379 e. The Kier molecular flexibility index (Phi) is 14.8. The van der Waals surface area contributed by atoms with Crippen molar-refractivity contribution in [1.29, 1.82) is 0 Å². The number of carbonyl (C=O) groups is 6. The van der Waals surface area contributed by atoms with Gasteiger partial charge in [-0.3, -0.25) is 48.6 Å². The first-order valence-electron chi connectivity index (χ1n) is 26.2. The molecule has 4 fully saturated rings. The van der Waals surface area contributed by atoms with Gasteiger partial charge < -0.3 is 31.1 Å². The predicted octanol–water partition coefficient (Wildman–Crippen LogP) is 4.74. The molecule has 0 bridgehead atoms. The number of anilines is 4. The summed E-state index contributed by atoms with van der Waals surface area (Å²) in [5, 5.41) is 24.0. The molecule has 20 heteroatoms. The minimum Gasteiger partial charge on any atom is -0.379 e. The Bertz CT molecular complexity index is 2750. The van der Waals surface area contributed by atoms with Crippen LogP contribution in [0, 0.1) is 16.2 Å². The maximum Gasteiger partial charge on any atom is 0.264 e. The highest BCUT2D eigenvalue weighted by molar-refractivity contribution is 6.25. The lowest BCUT2D eigenvalue weighted by molar-refractivity contribution is -0.136. The van der Waals surface area contributed by atoms with Gasteiger partial charge in [0.25, 0.3) is 11.8 Å². The van der Waals surface area contributed by atoms with Crippen molar-refractivity contribution >= 4 is 58.5 Å². The fourth-order valence-corrected chi connectivity index (χ4v) is 11.5. The van der Waals surface area contributed by atoms with E-state index >= 15 is 0 Å². The van der Waals surface area contributed by atoms with Gasteiger partial charge in [-0.15, -0.1) is 5.10 Å². The van der Waals surface area contributed by atoms with Crippen molar-refractivity contribution < 1.29 is 28.8 Å². The van der Waals surface area contributed by atoms with Gasteiger partial charge in [0, 0.05) is 75.1 Å². The lowest BCUT2D eigenvalue weighted by atomic mass is 9.74. The Hall–Kier alpha value is -6.96. The van der Waals surface area contributed by atoms with Crippen molar-refractivity contribution in [3.8, 4) is 0 Å². The van der Waals surface area contributed by atoms with Crippen LogP contribution in [0.2, 0.25) is 0 Å². The zero-order valence-corrected chi connectivity index (χ0v) is 43.8. The SMILES string of the molecule is CC1(C)CCN(Cc2ccc(N3CC(=O)NC4(CCN(c5cc(NCCCNC(=O)C(C)(C)CC(C)(C)Cn6cc(CNc7cccc8c7C(=O)N(C7CCC(=O)NC7=O)C8=O)nn6)ncn5)CC4)C3)cc2)CC1. The Morgan fingerprint density at radius 1 is 0.851 bits per heavy atom. The normalized spacial score (nSPS) is 20.1. The van der Waals surface area contributed by atoms with E-state index in [1.807, 2.05) is 26.1 Å². The lowest BCUT2D eigenvalue weighted by Crippen LogP contribution is -2.66. The molecule has 1 unspecified atom stereocenters. The highest BCUT2D eigenvalue weighted by atomic mass is 16.2. The molecule has 394 valence electrons. The third kappa shape index (κ3) is 12.0. The maximum atomic E-state index is 13.5. The summed E-state index contributed by atoms with van der Waals surface area (Å²) >= 11 is 0. The average Bonchev–Trinajstić information content (AvgIpc) is 3.90. The maximum absolute atomic E-state index is 13.5. The number of benzene rings is 2. The lowest BCUT2D eigenvalue weighted by Gasteiger charge is -2.48. The summed E-state index contributed by atoms with van der Waals surface area (Å²) < 4.78 is 1.74. The van der Waals surface area contributed by atoms with Crippen molar-refractivity contribution in [1.82, 2.24) is 50.7 Å².